The van der Waals surface area contributed by atoms with Crippen LogP contribution in [0.4, 0.5) is 5.69 Å². The second kappa shape index (κ2) is 4.74. The summed E-state index contributed by atoms with van der Waals surface area (Å²) in [5.74, 6) is 1.12. The Balaban J connectivity index is 2.25. The molecule has 100 valence electrons. The molecular weight excluding hydrogens is 254 g/mol. The molecule has 2 N–H and O–H groups in total. The molecule has 0 spiro atoms. The van der Waals surface area contributed by atoms with Gasteiger partial charge in [-0.05, 0) is 36.4 Å². The van der Waals surface area contributed by atoms with E-state index in [4.69, 9.17) is 14.9 Å². The Morgan fingerprint density at radius 1 is 1.05 bits per heavy atom. The molecular formula is C16H13NO3. The van der Waals surface area contributed by atoms with Crippen LogP contribution in [0, 0.1) is 0 Å². The highest BCUT2D eigenvalue weighted by atomic mass is 16.5. The maximum absolute atomic E-state index is 12.2. The minimum Gasteiger partial charge on any atom is -0.497 e. The Labute approximate surface area is 115 Å². The van der Waals surface area contributed by atoms with Crippen LogP contribution in [0.1, 0.15) is 0 Å². The zero-order valence-corrected chi connectivity index (χ0v) is 10.9. The average molecular weight is 267 g/mol. The third-order valence-corrected chi connectivity index (χ3v) is 3.19. The molecule has 4 heteroatoms. The quantitative estimate of drug-likeness (QED) is 0.775. The fourth-order valence-electron chi connectivity index (χ4n) is 2.11. The lowest BCUT2D eigenvalue weighted by Gasteiger charge is -2.07. The molecule has 0 fully saturated rings. The molecule has 20 heavy (non-hydrogen) atoms. The van der Waals surface area contributed by atoms with Gasteiger partial charge in [0.05, 0.1) is 12.5 Å². The Morgan fingerprint density at radius 2 is 1.75 bits per heavy atom. The molecule has 3 rings (SSSR count). The van der Waals surface area contributed by atoms with Crippen molar-refractivity contribution in [1.82, 2.24) is 0 Å². The first-order chi connectivity index (χ1) is 9.70. The number of nitrogen functional groups attached to an aromatic ring is 1. The highest BCUT2D eigenvalue weighted by molar-refractivity contribution is 5.85. The summed E-state index contributed by atoms with van der Waals surface area (Å²) < 4.78 is 10.9. The van der Waals surface area contributed by atoms with Gasteiger partial charge in [0.2, 0.25) is 5.43 Å². The molecule has 0 amide bonds. The molecule has 0 radical (unpaired) electrons. The molecule has 2 aromatic carbocycles. The number of rotatable bonds is 2. The van der Waals surface area contributed by atoms with E-state index < -0.39 is 0 Å². The van der Waals surface area contributed by atoms with E-state index in [1.54, 1.807) is 37.4 Å². The van der Waals surface area contributed by atoms with Gasteiger partial charge in [-0.1, -0.05) is 12.1 Å². The van der Waals surface area contributed by atoms with Gasteiger partial charge in [0, 0.05) is 5.56 Å². The Hall–Kier alpha value is -2.75. The molecule has 0 saturated heterocycles. The van der Waals surface area contributed by atoms with Crippen molar-refractivity contribution in [3.63, 3.8) is 0 Å². The van der Waals surface area contributed by atoms with Crippen molar-refractivity contribution in [2.45, 2.75) is 0 Å². The Morgan fingerprint density at radius 3 is 2.45 bits per heavy atom. The summed E-state index contributed by atoms with van der Waals surface area (Å²) in [5.41, 5.74) is 7.09. The number of fused-ring (bicyclic) bond motifs is 1. The lowest BCUT2D eigenvalue weighted by Crippen LogP contribution is -2.09. The molecule has 0 aliphatic rings. The first kappa shape index (κ1) is 12.3. The summed E-state index contributed by atoms with van der Waals surface area (Å²) in [7, 11) is 1.60. The maximum Gasteiger partial charge on any atom is 0.216 e. The molecule has 0 saturated carbocycles. The van der Waals surface area contributed by atoms with Gasteiger partial charge >= 0.3 is 0 Å². The number of ether oxygens (including phenoxy) is 1. The fraction of sp³-hybridized carbons (Fsp3) is 0.0625. The predicted molar refractivity (Wildman–Crippen MR) is 78.9 cm³/mol. The van der Waals surface area contributed by atoms with Crippen molar-refractivity contribution >= 4 is 16.7 Å². The van der Waals surface area contributed by atoms with E-state index in [9.17, 15) is 4.79 Å². The number of para-hydroxylation sites is 1. The third-order valence-electron chi connectivity index (χ3n) is 3.19. The summed E-state index contributed by atoms with van der Waals surface area (Å²) in [5, 5.41) is 0.488. The summed E-state index contributed by atoms with van der Waals surface area (Å²) >= 11 is 0. The molecule has 4 nitrogen and oxygen atoms in total. The first-order valence-electron chi connectivity index (χ1n) is 6.16. The van der Waals surface area contributed by atoms with Gasteiger partial charge in [0.1, 0.15) is 17.0 Å². The van der Waals surface area contributed by atoms with Crippen molar-refractivity contribution < 1.29 is 9.15 Å². The van der Waals surface area contributed by atoms with E-state index in [1.807, 2.05) is 18.2 Å². The highest BCUT2D eigenvalue weighted by Crippen LogP contribution is 2.28. The van der Waals surface area contributed by atoms with Crippen LogP contribution >= 0.6 is 0 Å². The van der Waals surface area contributed by atoms with Crippen molar-refractivity contribution in [3.05, 3.63) is 58.8 Å². The summed E-state index contributed by atoms with van der Waals surface area (Å²) in [6, 6.07) is 14.3. The topological polar surface area (TPSA) is 65.5 Å². The molecule has 0 unspecified atom stereocenters. The zero-order chi connectivity index (χ0) is 14.1. The number of methoxy groups -OCH3 is 1. The smallest absolute Gasteiger partial charge is 0.216 e. The van der Waals surface area contributed by atoms with E-state index in [1.165, 1.54) is 0 Å². The average Bonchev–Trinajstić information content (AvgIpc) is 2.51. The standard InChI is InChI=1S/C16H13NO3/c1-19-11-8-6-10(7-9-11)16-14(17)15(18)12-4-2-3-5-13(12)20-16/h2-9H,17H2,1H3. The molecule has 0 atom stereocenters. The van der Waals surface area contributed by atoms with E-state index in [0.29, 0.717) is 16.7 Å². The van der Waals surface area contributed by atoms with Crippen molar-refractivity contribution in [3.8, 4) is 17.1 Å². The largest absolute Gasteiger partial charge is 0.497 e. The summed E-state index contributed by atoms with van der Waals surface area (Å²) in [4.78, 5) is 12.2. The van der Waals surface area contributed by atoms with E-state index >= 15 is 0 Å². The molecule has 0 aliphatic heterocycles. The van der Waals surface area contributed by atoms with Crippen LogP contribution in [-0.4, -0.2) is 7.11 Å². The Bertz CT molecular complexity index is 819. The second-order valence-corrected chi connectivity index (χ2v) is 4.40. The molecule has 0 aliphatic carbocycles. The predicted octanol–water partition coefficient (Wildman–Crippen LogP) is 3.05. The van der Waals surface area contributed by atoms with Crippen molar-refractivity contribution in [2.24, 2.45) is 0 Å². The SMILES string of the molecule is COc1ccc(-c2oc3ccccc3c(=O)c2N)cc1. The third kappa shape index (κ3) is 1.91. The highest BCUT2D eigenvalue weighted by Gasteiger charge is 2.13. The van der Waals surface area contributed by atoms with Crippen LogP contribution in [-0.2, 0) is 0 Å². The van der Waals surface area contributed by atoms with Crippen LogP contribution in [0.3, 0.4) is 0 Å². The Kier molecular flexibility index (Phi) is 2.91. The van der Waals surface area contributed by atoms with Crippen LogP contribution in [0.2, 0.25) is 0 Å². The number of hydrogen-bond acceptors (Lipinski definition) is 4. The van der Waals surface area contributed by atoms with E-state index in [0.717, 1.165) is 11.3 Å². The van der Waals surface area contributed by atoms with Gasteiger partial charge in [-0.3, -0.25) is 4.79 Å². The minimum absolute atomic E-state index is 0.119. The molecule has 1 aromatic heterocycles. The lowest BCUT2D eigenvalue weighted by atomic mass is 10.1. The van der Waals surface area contributed by atoms with Crippen LogP contribution < -0.4 is 15.9 Å². The summed E-state index contributed by atoms with van der Waals surface area (Å²) in [6.45, 7) is 0. The number of nitrogens with two attached hydrogens (primary N) is 1. The van der Waals surface area contributed by atoms with Crippen LogP contribution in [0.5, 0.6) is 5.75 Å². The van der Waals surface area contributed by atoms with Crippen molar-refractivity contribution in [1.29, 1.82) is 0 Å². The lowest BCUT2D eigenvalue weighted by molar-refractivity contribution is 0.415. The zero-order valence-electron chi connectivity index (χ0n) is 10.9. The molecule has 0 bridgehead atoms. The normalized spacial score (nSPS) is 10.7. The van der Waals surface area contributed by atoms with Gasteiger partial charge in [-0.25, -0.2) is 0 Å². The number of anilines is 1. The van der Waals surface area contributed by atoms with Crippen LogP contribution in [0.15, 0.2) is 57.7 Å². The van der Waals surface area contributed by atoms with Gasteiger partial charge in [0.25, 0.3) is 0 Å². The second-order valence-electron chi connectivity index (χ2n) is 4.40. The van der Waals surface area contributed by atoms with Gasteiger partial charge in [0.15, 0.2) is 5.76 Å². The first-order valence-corrected chi connectivity index (χ1v) is 6.16. The van der Waals surface area contributed by atoms with E-state index in [2.05, 4.69) is 0 Å². The summed E-state index contributed by atoms with van der Waals surface area (Å²) in [6.07, 6.45) is 0. The monoisotopic (exact) mass is 267 g/mol. The molecule has 3 aromatic rings. The van der Waals surface area contributed by atoms with Crippen molar-refractivity contribution in [2.75, 3.05) is 12.8 Å². The number of hydrogen-bond donors (Lipinski definition) is 1. The van der Waals surface area contributed by atoms with E-state index in [-0.39, 0.29) is 11.1 Å². The van der Waals surface area contributed by atoms with Crippen LogP contribution in [0.25, 0.3) is 22.3 Å². The molecule has 1 heterocycles. The maximum atomic E-state index is 12.2. The number of benzene rings is 2. The minimum atomic E-state index is -0.210. The van der Waals surface area contributed by atoms with Gasteiger partial charge in [-0.15, -0.1) is 0 Å². The van der Waals surface area contributed by atoms with Gasteiger partial charge in [-0.2, -0.15) is 0 Å². The van der Waals surface area contributed by atoms with Gasteiger partial charge < -0.3 is 14.9 Å². The fourth-order valence-corrected chi connectivity index (χ4v) is 2.11.